The van der Waals surface area contributed by atoms with Crippen LogP contribution < -0.4 is 16.0 Å². The van der Waals surface area contributed by atoms with Crippen molar-refractivity contribution in [2.75, 3.05) is 30.8 Å². The van der Waals surface area contributed by atoms with Gasteiger partial charge in [0.15, 0.2) is 11.6 Å². The molecular formula is C41H40F2N8S4. The van der Waals surface area contributed by atoms with E-state index in [-0.39, 0.29) is 11.6 Å². The number of benzene rings is 2. The molecule has 4 atom stereocenters. The van der Waals surface area contributed by atoms with E-state index in [1.807, 2.05) is 24.3 Å². The largest absolute Gasteiger partial charge is 0.352 e. The van der Waals surface area contributed by atoms with Crippen molar-refractivity contribution in [2.24, 2.45) is 0 Å². The lowest BCUT2D eigenvalue weighted by molar-refractivity contribution is 0.176. The van der Waals surface area contributed by atoms with Crippen molar-refractivity contribution in [3.63, 3.8) is 0 Å². The Kier molecular flexibility index (Phi) is 10.2. The summed E-state index contributed by atoms with van der Waals surface area (Å²) in [6.45, 7) is 6.80. The molecule has 2 aliphatic rings. The monoisotopic (exact) mass is 810 g/mol. The minimum Gasteiger partial charge on any atom is -0.352 e. The Morgan fingerprint density at radius 3 is 1.80 bits per heavy atom. The van der Waals surface area contributed by atoms with Crippen molar-refractivity contribution in [1.29, 1.82) is 0 Å². The van der Waals surface area contributed by atoms with Gasteiger partial charge in [-0.1, -0.05) is 0 Å². The van der Waals surface area contributed by atoms with Gasteiger partial charge in [-0.2, -0.15) is 0 Å². The lowest BCUT2D eigenvalue weighted by atomic mass is 9.89. The number of halogens is 2. The summed E-state index contributed by atoms with van der Waals surface area (Å²) < 4.78 is 31.4. The molecule has 55 heavy (non-hydrogen) atoms. The Bertz CT molecular complexity index is 2630. The zero-order chi connectivity index (χ0) is 37.6. The maximum absolute atomic E-state index is 14.8. The summed E-state index contributed by atoms with van der Waals surface area (Å²) in [4.78, 5) is 24.5. The summed E-state index contributed by atoms with van der Waals surface area (Å²) in [5.41, 5.74) is 6.85. The normalized spacial score (nSPS) is 20.6. The van der Waals surface area contributed by atoms with Crippen LogP contribution in [0.3, 0.4) is 0 Å². The number of thiophene rings is 2. The highest BCUT2D eigenvalue weighted by Gasteiger charge is 2.29. The molecule has 2 saturated heterocycles. The van der Waals surface area contributed by atoms with Gasteiger partial charge in [-0.3, -0.25) is 0 Å². The smallest absolute Gasteiger partial charge is 0.173 e. The maximum atomic E-state index is 14.8. The van der Waals surface area contributed by atoms with Crippen LogP contribution in [0.25, 0.3) is 40.9 Å². The van der Waals surface area contributed by atoms with Gasteiger partial charge in [0.2, 0.25) is 0 Å². The molecule has 0 radical (unpaired) electrons. The molecule has 2 fully saturated rings. The third-order valence-electron chi connectivity index (χ3n) is 11.1. The number of rotatable bonds is 6. The lowest BCUT2D eigenvalue weighted by Crippen LogP contribution is -2.38. The minimum atomic E-state index is -0.306. The van der Waals surface area contributed by atoms with Crippen LogP contribution in [0.15, 0.2) is 71.9 Å². The topological polar surface area (TPSA) is 90.9 Å². The van der Waals surface area contributed by atoms with Gasteiger partial charge in [-0.25, -0.2) is 28.7 Å². The number of aromatic nitrogens is 4. The van der Waals surface area contributed by atoms with Crippen LogP contribution in [-0.2, 0) is 0 Å². The van der Waals surface area contributed by atoms with Crippen LogP contribution >= 0.6 is 45.3 Å². The molecule has 2 aliphatic heterocycles. The molecule has 0 saturated carbocycles. The van der Waals surface area contributed by atoms with E-state index in [0.717, 1.165) is 54.3 Å². The van der Waals surface area contributed by atoms with Gasteiger partial charge >= 0.3 is 0 Å². The average molecular weight is 811 g/mol. The first-order valence-electron chi connectivity index (χ1n) is 18.6. The predicted molar refractivity (Wildman–Crippen MR) is 228 cm³/mol. The molecule has 0 amide bonds. The summed E-state index contributed by atoms with van der Waals surface area (Å²) in [5.74, 6) is 0.420. The van der Waals surface area contributed by atoms with E-state index in [9.17, 15) is 8.78 Å². The average Bonchev–Trinajstić information content (AvgIpc) is 4.02. The van der Waals surface area contributed by atoms with Crippen molar-refractivity contribution in [3.05, 3.63) is 93.3 Å². The van der Waals surface area contributed by atoms with Crippen LogP contribution in [0.2, 0.25) is 0 Å². The fourth-order valence-corrected chi connectivity index (χ4v) is 11.8. The van der Waals surface area contributed by atoms with Crippen LogP contribution in [0.4, 0.5) is 31.5 Å². The summed E-state index contributed by atoms with van der Waals surface area (Å²) in [5, 5.41) is 12.2. The number of likely N-dealkylation sites (N-methyl/N-ethyl adjacent to an activating group) is 1. The Morgan fingerprint density at radius 2 is 1.24 bits per heavy atom. The second kappa shape index (κ2) is 15.4. The standard InChI is InChI=1S/C21H21FN4S2.C20H19FN4S2/c1-12-13(4-3-9-26(12)2)18-10-14-15(7-8-23-21(14)28-18)25-16-5-6-17-20(19(16)22)24-11-27-17;1-11-12(3-2-7-22-11)17-9-13-14(6-8-23-20(13)27-17)25-15-4-5-16-19(18(15)21)24-10-26-16/h5-8,10-13H,3-4,9H2,1-2H3,(H,23,25);4-6,8-12,22H,2-3,7H2,1H3,(H,23,25). The van der Waals surface area contributed by atoms with E-state index >= 15 is 0 Å². The van der Waals surface area contributed by atoms with E-state index in [0.29, 0.717) is 46.3 Å². The molecule has 0 spiro atoms. The van der Waals surface area contributed by atoms with Gasteiger partial charge in [0.25, 0.3) is 0 Å². The quantitative estimate of drug-likeness (QED) is 0.153. The van der Waals surface area contributed by atoms with Crippen LogP contribution in [0.1, 0.15) is 61.1 Å². The number of hydrogen-bond acceptors (Lipinski definition) is 12. The van der Waals surface area contributed by atoms with Crippen molar-refractivity contribution >= 4 is 109 Å². The highest BCUT2D eigenvalue weighted by Crippen LogP contribution is 2.42. The van der Waals surface area contributed by atoms with Crippen LogP contribution in [0.5, 0.6) is 0 Å². The van der Waals surface area contributed by atoms with Gasteiger partial charge in [0.1, 0.15) is 20.7 Å². The fraction of sp³-hybridized carbons (Fsp3) is 0.317. The SMILES string of the molecule is CC1C(c2cc3c(Nc4ccc5scnc5c4F)ccnc3s2)CCCN1C.CC1NCCCC1c1cc2c(Nc3ccc4scnc4c3F)ccnc2s1. The molecule has 6 aromatic heterocycles. The van der Waals surface area contributed by atoms with Crippen molar-refractivity contribution in [2.45, 2.75) is 63.5 Å². The third-order valence-corrected chi connectivity index (χ3v) is 15.1. The number of likely N-dealkylation sites (tertiary alicyclic amines) is 1. The summed E-state index contributed by atoms with van der Waals surface area (Å²) in [6.07, 6.45) is 8.39. The van der Waals surface area contributed by atoms with E-state index in [1.165, 1.54) is 58.1 Å². The molecule has 14 heteroatoms. The van der Waals surface area contributed by atoms with E-state index in [1.54, 1.807) is 58.2 Å². The van der Waals surface area contributed by atoms with Crippen molar-refractivity contribution in [3.8, 4) is 0 Å². The summed E-state index contributed by atoms with van der Waals surface area (Å²) >= 11 is 6.40. The zero-order valence-electron chi connectivity index (χ0n) is 30.6. The Labute approximate surface area is 333 Å². The molecular weight excluding hydrogens is 771 g/mol. The van der Waals surface area contributed by atoms with E-state index < -0.39 is 0 Å². The van der Waals surface area contributed by atoms with Gasteiger partial charge in [0, 0.05) is 56.8 Å². The van der Waals surface area contributed by atoms with Gasteiger partial charge < -0.3 is 20.9 Å². The Balaban J connectivity index is 0.000000144. The number of hydrogen-bond donors (Lipinski definition) is 3. The van der Waals surface area contributed by atoms with E-state index in [4.69, 9.17) is 0 Å². The second-order valence-electron chi connectivity index (χ2n) is 14.4. The number of pyridine rings is 2. The lowest BCUT2D eigenvalue weighted by Gasteiger charge is -2.36. The van der Waals surface area contributed by atoms with Gasteiger partial charge in [-0.15, -0.1) is 45.3 Å². The number of thiazole rings is 2. The van der Waals surface area contributed by atoms with Crippen molar-refractivity contribution < 1.29 is 8.78 Å². The van der Waals surface area contributed by atoms with Gasteiger partial charge in [0.05, 0.1) is 43.2 Å². The molecule has 0 bridgehead atoms. The van der Waals surface area contributed by atoms with Gasteiger partial charge in [-0.05, 0) is 108 Å². The number of nitrogens with zero attached hydrogens (tertiary/aromatic N) is 5. The van der Waals surface area contributed by atoms with Crippen LogP contribution in [0, 0.1) is 11.6 Å². The highest BCUT2D eigenvalue weighted by molar-refractivity contribution is 7.19. The molecule has 4 unspecified atom stereocenters. The molecule has 8 nitrogen and oxygen atoms in total. The maximum Gasteiger partial charge on any atom is 0.173 e. The Morgan fingerprint density at radius 1 is 0.691 bits per heavy atom. The molecule has 0 aliphatic carbocycles. The minimum absolute atomic E-state index is 0.304. The molecule has 2 aromatic carbocycles. The molecule has 8 heterocycles. The first-order chi connectivity index (χ1) is 26.8. The number of piperidine rings is 2. The molecule has 10 rings (SSSR count). The molecule has 3 N–H and O–H groups in total. The summed E-state index contributed by atoms with van der Waals surface area (Å²) in [6, 6.07) is 16.7. The molecule has 282 valence electrons. The highest BCUT2D eigenvalue weighted by atomic mass is 32.1. The zero-order valence-corrected chi connectivity index (χ0v) is 33.9. The number of anilines is 4. The third kappa shape index (κ3) is 7.08. The van der Waals surface area contributed by atoms with Crippen molar-refractivity contribution in [1.82, 2.24) is 30.2 Å². The first-order valence-corrected chi connectivity index (χ1v) is 22.0. The number of nitrogens with one attached hydrogen (secondary N) is 3. The van der Waals surface area contributed by atoms with Crippen LogP contribution in [-0.4, -0.2) is 57.1 Å². The summed E-state index contributed by atoms with van der Waals surface area (Å²) in [7, 11) is 2.20. The molecule has 8 aromatic rings. The Hall–Kier alpha value is -4.18. The fourth-order valence-electron chi connectivity index (χ4n) is 7.90. The van der Waals surface area contributed by atoms with E-state index in [2.05, 4.69) is 73.8 Å². The first kappa shape index (κ1) is 36.5. The predicted octanol–water partition coefficient (Wildman–Crippen LogP) is 11.6. The number of fused-ring (bicyclic) bond motifs is 4. The second-order valence-corrected chi connectivity index (χ2v) is 18.3.